The smallest absolute Gasteiger partial charge is 0.255 e. The summed E-state index contributed by atoms with van der Waals surface area (Å²) in [6.45, 7) is 0.668. The quantitative estimate of drug-likeness (QED) is 0.611. The van der Waals surface area contributed by atoms with Crippen molar-refractivity contribution in [3.63, 3.8) is 0 Å². The zero-order valence-corrected chi connectivity index (χ0v) is 11.5. The van der Waals surface area contributed by atoms with Crippen molar-refractivity contribution in [2.24, 2.45) is 5.73 Å². The van der Waals surface area contributed by atoms with Crippen LogP contribution >= 0.6 is 0 Å². The second-order valence-electron chi connectivity index (χ2n) is 4.31. The van der Waals surface area contributed by atoms with Crippen LogP contribution in [0.15, 0.2) is 24.3 Å². The van der Waals surface area contributed by atoms with Crippen LogP contribution in [0, 0.1) is 11.8 Å². The van der Waals surface area contributed by atoms with E-state index in [9.17, 15) is 9.59 Å². The Hall–Kier alpha value is -2.36. The number of nitrogens with two attached hydrogens (primary N) is 1. The lowest BCUT2D eigenvalue weighted by Crippen LogP contribution is -2.47. The molecule has 0 saturated carbocycles. The summed E-state index contributed by atoms with van der Waals surface area (Å²) < 4.78 is 10.3. The van der Waals surface area contributed by atoms with Gasteiger partial charge in [0.05, 0.1) is 13.1 Å². The van der Waals surface area contributed by atoms with Crippen LogP contribution in [0.5, 0.6) is 5.75 Å². The van der Waals surface area contributed by atoms with Crippen molar-refractivity contribution in [1.29, 1.82) is 0 Å². The van der Waals surface area contributed by atoms with E-state index in [1.165, 1.54) is 0 Å². The molecule has 2 rings (SSSR count). The molecule has 0 unspecified atom stereocenters. The Morgan fingerprint density at radius 1 is 1.19 bits per heavy atom. The molecular weight excluding hydrogens is 272 g/mol. The van der Waals surface area contributed by atoms with Gasteiger partial charge in [0.25, 0.3) is 11.8 Å². The molecule has 0 aromatic heterocycles. The average molecular weight is 288 g/mol. The lowest BCUT2D eigenvalue weighted by molar-refractivity contribution is -0.158. The molecule has 0 spiro atoms. The summed E-state index contributed by atoms with van der Waals surface area (Å²) in [6.07, 6.45) is 0. The van der Waals surface area contributed by atoms with Gasteiger partial charge in [-0.1, -0.05) is 11.8 Å². The molecule has 110 valence electrons. The number of rotatable bonds is 4. The zero-order valence-electron chi connectivity index (χ0n) is 11.5. The molecule has 0 bridgehead atoms. The van der Waals surface area contributed by atoms with E-state index in [2.05, 4.69) is 11.8 Å². The summed E-state index contributed by atoms with van der Waals surface area (Å²) in [7, 11) is 0. The molecule has 2 amide bonds. The molecule has 0 aliphatic carbocycles. The van der Waals surface area contributed by atoms with Crippen LogP contribution in [-0.4, -0.2) is 49.6 Å². The van der Waals surface area contributed by atoms with E-state index in [1.54, 1.807) is 12.1 Å². The number of benzene rings is 1. The average Bonchev–Trinajstić information content (AvgIpc) is 2.49. The first-order valence-electron chi connectivity index (χ1n) is 6.53. The van der Waals surface area contributed by atoms with Crippen molar-refractivity contribution in [1.82, 2.24) is 4.90 Å². The van der Waals surface area contributed by atoms with E-state index < -0.39 is 0 Å². The predicted octanol–water partition coefficient (Wildman–Crippen LogP) is -0.239. The zero-order chi connectivity index (χ0) is 15.1. The summed E-state index contributed by atoms with van der Waals surface area (Å²) in [5.74, 6) is 5.66. The van der Waals surface area contributed by atoms with E-state index in [0.29, 0.717) is 12.3 Å². The Kier molecular flexibility index (Phi) is 5.32. The molecular formula is C15H16N2O4. The van der Waals surface area contributed by atoms with Gasteiger partial charge >= 0.3 is 0 Å². The maximum absolute atomic E-state index is 11.5. The van der Waals surface area contributed by atoms with Crippen LogP contribution in [0.4, 0.5) is 0 Å². The Balaban J connectivity index is 1.83. The van der Waals surface area contributed by atoms with E-state index in [4.69, 9.17) is 15.2 Å². The number of amides is 2. The molecule has 1 aliphatic heterocycles. The number of imide groups is 1. The van der Waals surface area contributed by atoms with E-state index in [0.717, 1.165) is 10.5 Å². The number of carbonyl (C=O) groups is 2. The fourth-order valence-corrected chi connectivity index (χ4v) is 1.81. The first-order valence-corrected chi connectivity index (χ1v) is 6.53. The fraction of sp³-hybridized carbons (Fsp3) is 0.333. The minimum absolute atomic E-state index is 0.0553. The molecule has 1 saturated heterocycles. The Morgan fingerprint density at radius 2 is 1.86 bits per heavy atom. The molecule has 1 aliphatic rings. The van der Waals surface area contributed by atoms with Crippen LogP contribution in [0.25, 0.3) is 0 Å². The predicted molar refractivity (Wildman–Crippen MR) is 75.4 cm³/mol. The topological polar surface area (TPSA) is 81.9 Å². The lowest BCUT2D eigenvalue weighted by Gasteiger charge is -2.24. The number of carbonyl (C=O) groups excluding carboxylic acids is 2. The van der Waals surface area contributed by atoms with Crippen LogP contribution in [-0.2, 0) is 14.3 Å². The summed E-state index contributed by atoms with van der Waals surface area (Å²) in [5.41, 5.74) is 6.15. The van der Waals surface area contributed by atoms with Crippen LogP contribution in [0.2, 0.25) is 0 Å². The molecule has 1 aromatic rings. The Bertz CT molecular complexity index is 556. The van der Waals surface area contributed by atoms with E-state index in [1.807, 2.05) is 12.1 Å². The molecule has 6 nitrogen and oxygen atoms in total. The molecule has 21 heavy (non-hydrogen) atoms. The van der Waals surface area contributed by atoms with Crippen molar-refractivity contribution in [3.05, 3.63) is 29.8 Å². The van der Waals surface area contributed by atoms with Gasteiger partial charge in [-0.05, 0) is 24.3 Å². The van der Waals surface area contributed by atoms with Crippen molar-refractivity contribution < 1.29 is 19.1 Å². The molecule has 1 fully saturated rings. The number of nitrogens with zero attached hydrogens (tertiary/aromatic N) is 1. The van der Waals surface area contributed by atoms with Crippen molar-refractivity contribution in [3.8, 4) is 17.6 Å². The minimum atomic E-state index is -0.331. The highest BCUT2D eigenvalue weighted by molar-refractivity contribution is 5.98. The molecule has 1 heterocycles. The van der Waals surface area contributed by atoms with Gasteiger partial charge in [0, 0.05) is 5.56 Å². The lowest BCUT2D eigenvalue weighted by atomic mass is 10.2. The number of hydrogen-bond donors (Lipinski definition) is 1. The van der Waals surface area contributed by atoms with Crippen molar-refractivity contribution in [2.75, 3.05) is 32.9 Å². The normalized spacial score (nSPS) is 14.6. The summed E-state index contributed by atoms with van der Waals surface area (Å²) in [6, 6.07) is 7.21. The van der Waals surface area contributed by atoms with Gasteiger partial charge in [-0.25, -0.2) is 0 Å². The third-order valence-electron chi connectivity index (χ3n) is 2.83. The Labute approximate surface area is 122 Å². The standard InChI is InChI=1S/C15H16N2O4/c16-7-1-2-12-3-5-13(6-4-12)21-9-8-17-14(18)10-20-11-15(17)19/h3-6H,7-11,16H2. The second kappa shape index (κ2) is 7.43. The summed E-state index contributed by atoms with van der Waals surface area (Å²) >= 11 is 0. The SMILES string of the molecule is NCC#Cc1ccc(OCCN2C(=O)COCC2=O)cc1. The highest BCUT2D eigenvalue weighted by atomic mass is 16.5. The van der Waals surface area contributed by atoms with Gasteiger partial charge in [0.1, 0.15) is 25.6 Å². The fourth-order valence-electron chi connectivity index (χ4n) is 1.81. The third kappa shape index (κ3) is 4.31. The minimum Gasteiger partial charge on any atom is -0.492 e. The maximum Gasteiger partial charge on any atom is 0.255 e. The summed E-state index contributed by atoms with van der Waals surface area (Å²) in [4.78, 5) is 24.1. The third-order valence-corrected chi connectivity index (χ3v) is 2.83. The van der Waals surface area contributed by atoms with Crippen LogP contribution in [0.1, 0.15) is 5.56 Å². The number of hydrogen-bond acceptors (Lipinski definition) is 5. The first kappa shape index (κ1) is 15.0. The van der Waals surface area contributed by atoms with Gasteiger partial charge < -0.3 is 15.2 Å². The Morgan fingerprint density at radius 3 is 2.48 bits per heavy atom. The monoisotopic (exact) mass is 288 g/mol. The maximum atomic E-state index is 11.5. The van der Waals surface area contributed by atoms with Crippen molar-refractivity contribution in [2.45, 2.75) is 0 Å². The van der Waals surface area contributed by atoms with Gasteiger partial charge in [-0.15, -0.1) is 0 Å². The van der Waals surface area contributed by atoms with Gasteiger partial charge in [0.2, 0.25) is 0 Å². The van der Waals surface area contributed by atoms with Gasteiger partial charge in [-0.3, -0.25) is 14.5 Å². The number of morpholine rings is 1. The highest BCUT2D eigenvalue weighted by Gasteiger charge is 2.26. The van der Waals surface area contributed by atoms with Crippen LogP contribution < -0.4 is 10.5 Å². The van der Waals surface area contributed by atoms with Gasteiger partial charge in [0.15, 0.2) is 0 Å². The molecule has 1 aromatic carbocycles. The summed E-state index contributed by atoms with van der Waals surface area (Å²) in [5, 5.41) is 0. The molecule has 6 heteroatoms. The van der Waals surface area contributed by atoms with Crippen molar-refractivity contribution >= 4 is 11.8 Å². The molecule has 0 radical (unpaired) electrons. The van der Waals surface area contributed by atoms with Crippen LogP contribution in [0.3, 0.4) is 0 Å². The molecule has 2 N–H and O–H groups in total. The van der Waals surface area contributed by atoms with E-state index >= 15 is 0 Å². The van der Waals surface area contributed by atoms with E-state index in [-0.39, 0.29) is 38.2 Å². The van der Waals surface area contributed by atoms with Gasteiger partial charge in [-0.2, -0.15) is 0 Å². The first-order chi connectivity index (χ1) is 10.2. The highest BCUT2D eigenvalue weighted by Crippen LogP contribution is 2.11. The molecule has 0 atom stereocenters. The number of ether oxygens (including phenoxy) is 2. The second-order valence-corrected chi connectivity index (χ2v) is 4.31. The largest absolute Gasteiger partial charge is 0.492 e.